The second kappa shape index (κ2) is 10.7. The first-order valence-corrected chi connectivity index (χ1v) is 9.53. The van der Waals surface area contributed by atoms with E-state index >= 15 is 0 Å². The van der Waals surface area contributed by atoms with E-state index in [-0.39, 0.29) is 0 Å². The summed E-state index contributed by atoms with van der Waals surface area (Å²) in [6.45, 7) is 12.4. The molecule has 0 aromatic rings. The zero-order chi connectivity index (χ0) is 17.9. The van der Waals surface area contributed by atoms with Crippen LogP contribution in [0.25, 0.3) is 0 Å². The van der Waals surface area contributed by atoms with E-state index in [1.807, 2.05) is 0 Å². The van der Waals surface area contributed by atoms with Crippen LogP contribution >= 0.6 is 0 Å². The van der Waals surface area contributed by atoms with Crippen LogP contribution in [-0.2, 0) is 0 Å². The van der Waals surface area contributed by atoms with Gasteiger partial charge in [0.1, 0.15) is 0 Å². The maximum atomic E-state index is 4.05. The predicted molar refractivity (Wildman–Crippen MR) is 107 cm³/mol. The van der Waals surface area contributed by atoms with E-state index in [0.29, 0.717) is 11.8 Å². The molecule has 1 unspecified atom stereocenters. The normalized spacial score (nSPS) is 20.0. The summed E-state index contributed by atoms with van der Waals surface area (Å²) in [5.41, 5.74) is 0. The zero-order valence-corrected chi connectivity index (χ0v) is 15.8. The Morgan fingerprint density at radius 1 is 0.920 bits per heavy atom. The Morgan fingerprint density at radius 2 is 1.48 bits per heavy atom. The summed E-state index contributed by atoms with van der Waals surface area (Å²) in [7, 11) is 0. The molecule has 4 heteroatoms. The predicted octanol–water partition coefficient (Wildman–Crippen LogP) is 3.77. The maximum absolute atomic E-state index is 4.05. The van der Waals surface area contributed by atoms with Gasteiger partial charge in [-0.1, -0.05) is 44.7 Å². The van der Waals surface area contributed by atoms with E-state index in [1.54, 1.807) is 0 Å². The molecule has 2 aliphatic heterocycles. The Kier molecular flexibility index (Phi) is 8.23. The average Bonchev–Trinajstić information content (AvgIpc) is 2.81. The third-order valence-electron chi connectivity index (χ3n) is 4.44. The van der Waals surface area contributed by atoms with Gasteiger partial charge >= 0.3 is 0 Å². The number of rotatable bonds is 10. The summed E-state index contributed by atoms with van der Waals surface area (Å²) in [5.74, 6) is 2.12. The van der Waals surface area contributed by atoms with Crippen molar-refractivity contribution in [3.8, 4) is 0 Å². The van der Waals surface area contributed by atoms with Crippen LogP contribution in [0, 0.1) is 11.8 Å². The quantitative estimate of drug-likeness (QED) is 0.592. The van der Waals surface area contributed by atoms with Crippen molar-refractivity contribution in [2.24, 2.45) is 11.8 Å². The first kappa shape index (κ1) is 19.2. The molecule has 0 spiro atoms. The van der Waals surface area contributed by atoms with Crippen molar-refractivity contribution in [2.75, 3.05) is 26.2 Å². The minimum Gasteiger partial charge on any atom is -0.372 e. The van der Waals surface area contributed by atoms with Gasteiger partial charge in [0.2, 0.25) is 0 Å². The number of nitrogens with zero attached hydrogens (tertiary/aromatic N) is 2. The fourth-order valence-electron chi connectivity index (χ4n) is 2.77. The standard InChI is InChI=1S/C21H34N4/c1-19-7-4-13-24(16-8-19)14-5-11-22-21(3)23-12-6-15-25-17-9-20(2)10-18-25/h4,8-10,13,16-20,22-23H,3,5-7,11-12,14-15H2,1-2H3. The van der Waals surface area contributed by atoms with Crippen LogP contribution < -0.4 is 10.6 Å². The molecule has 1 atom stereocenters. The third kappa shape index (κ3) is 8.01. The lowest BCUT2D eigenvalue weighted by atomic mass is 10.1. The molecule has 25 heavy (non-hydrogen) atoms. The molecule has 0 amide bonds. The Morgan fingerprint density at radius 3 is 2.12 bits per heavy atom. The van der Waals surface area contributed by atoms with Crippen LogP contribution in [0.4, 0.5) is 0 Å². The molecule has 2 aliphatic rings. The Bertz CT molecular complexity index is 504. The molecule has 0 saturated carbocycles. The molecule has 0 aromatic carbocycles. The summed E-state index contributed by atoms with van der Waals surface area (Å²) in [4.78, 5) is 4.50. The number of allylic oxidation sites excluding steroid dienone is 4. The van der Waals surface area contributed by atoms with Gasteiger partial charge in [0.05, 0.1) is 5.82 Å². The van der Waals surface area contributed by atoms with Crippen molar-refractivity contribution in [3.05, 3.63) is 61.5 Å². The molecule has 138 valence electrons. The highest BCUT2D eigenvalue weighted by molar-refractivity contribution is 5.06. The fourth-order valence-corrected chi connectivity index (χ4v) is 2.77. The average molecular weight is 343 g/mol. The third-order valence-corrected chi connectivity index (χ3v) is 4.44. The van der Waals surface area contributed by atoms with Crippen LogP contribution in [0.15, 0.2) is 61.5 Å². The maximum Gasteiger partial charge on any atom is 0.0912 e. The minimum absolute atomic E-state index is 0.557. The molecule has 0 fully saturated rings. The fraction of sp³-hybridized carbons (Fsp3) is 0.524. The molecule has 0 aromatic heterocycles. The molecule has 2 heterocycles. The number of hydrogen-bond acceptors (Lipinski definition) is 4. The van der Waals surface area contributed by atoms with Gasteiger partial charge in [-0.3, -0.25) is 0 Å². The van der Waals surface area contributed by atoms with Crippen LogP contribution in [0.2, 0.25) is 0 Å². The van der Waals surface area contributed by atoms with Crippen LogP contribution in [0.5, 0.6) is 0 Å². The van der Waals surface area contributed by atoms with E-state index in [4.69, 9.17) is 0 Å². The van der Waals surface area contributed by atoms with Crippen molar-refractivity contribution >= 4 is 0 Å². The van der Waals surface area contributed by atoms with E-state index in [9.17, 15) is 0 Å². The van der Waals surface area contributed by atoms with Gasteiger partial charge in [-0.25, -0.2) is 0 Å². The van der Waals surface area contributed by atoms with Gasteiger partial charge < -0.3 is 20.4 Å². The Balaban J connectivity index is 1.48. The van der Waals surface area contributed by atoms with Crippen molar-refractivity contribution in [3.63, 3.8) is 0 Å². The molecule has 0 saturated heterocycles. The van der Waals surface area contributed by atoms with E-state index in [0.717, 1.165) is 51.3 Å². The number of nitrogens with one attached hydrogen (secondary N) is 2. The summed E-state index contributed by atoms with van der Waals surface area (Å²) in [6, 6.07) is 0. The highest BCUT2D eigenvalue weighted by atomic mass is 15.1. The lowest BCUT2D eigenvalue weighted by molar-refractivity contribution is 0.462. The molecule has 4 nitrogen and oxygen atoms in total. The lowest BCUT2D eigenvalue weighted by Gasteiger charge is -2.20. The molecular weight excluding hydrogens is 308 g/mol. The van der Waals surface area contributed by atoms with Gasteiger partial charge in [-0.2, -0.15) is 0 Å². The van der Waals surface area contributed by atoms with Crippen molar-refractivity contribution < 1.29 is 0 Å². The van der Waals surface area contributed by atoms with Crippen molar-refractivity contribution in [1.29, 1.82) is 0 Å². The summed E-state index contributed by atoms with van der Waals surface area (Å²) >= 11 is 0. The lowest BCUT2D eigenvalue weighted by Crippen LogP contribution is -2.29. The topological polar surface area (TPSA) is 30.5 Å². The van der Waals surface area contributed by atoms with Gasteiger partial charge in [0.25, 0.3) is 0 Å². The monoisotopic (exact) mass is 342 g/mol. The summed E-state index contributed by atoms with van der Waals surface area (Å²) in [5, 5.41) is 6.73. The smallest absolute Gasteiger partial charge is 0.0912 e. The van der Waals surface area contributed by atoms with Crippen LogP contribution in [0.1, 0.15) is 33.1 Å². The summed E-state index contributed by atoms with van der Waals surface area (Å²) in [6.07, 6.45) is 21.0. The molecule has 0 bridgehead atoms. The first-order valence-electron chi connectivity index (χ1n) is 9.53. The van der Waals surface area contributed by atoms with E-state index < -0.39 is 0 Å². The largest absolute Gasteiger partial charge is 0.372 e. The molecular formula is C21H34N4. The highest BCUT2D eigenvalue weighted by Gasteiger charge is 2.03. The molecule has 2 N–H and O–H groups in total. The summed E-state index contributed by atoms with van der Waals surface area (Å²) < 4.78 is 0. The number of hydrogen-bond donors (Lipinski definition) is 2. The molecule has 2 rings (SSSR count). The zero-order valence-electron chi connectivity index (χ0n) is 15.8. The second-order valence-corrected chi connectivity index (χ2v) is 7.00. The van der Waals surface area contributed by atoms with E-state index in [1.165, 1.54) is 0 Å². The van der Waals surface area contributed by atoms with Gasteiger partial charge in [-0.15, -0.1) is 0 Å². The first-order chi connectivity index (χ1) is 12.1. The SMILES string of the molecule is C=C(NCCCN1C=CC(C)C=C1)NCCCN1C=CCC(C)C=C1. The van der Waals surface area contributed by atoms with E-state index in [2.05, 4.69) is 90.0 Å². The Labute approximate surface area is 153 Å². The molecule has 0 aliphatic carbocycles. The van der Waals surface area contributed by atoms with Crippen molar-refractivity contribution in [2.45, 2.75) is 33.1 Å². The highest BCUT2D eigenvalue weighted by Crippen LogP contribution is 2.11. The van der Waals surface area contributed by atoms with Gasteiger partial charge in [0.15, 0.2) is 0 Å². The van der Waals surface area contributed by atoms with Crippen LogP contribution in [-0.4, -0.2) is 36.0 Å². The van der Waals surface area contributed by atoms with Gasteiger partial charge in [-0.05, 0) is 43.5 Å². The molecule has 0 radical (unpaired) electrons. The Hall–Kier alpha value is -2.10. The van der Waals surface area contributed by atoms with Crippen molar-refractivity contribution in [1.82, 2.24) is 20.4 Å². The van der Waals surface area contributed by atoms with Crippen LogP contribution in [0.3, 0.4) is 0 Å². The minimum atomic E-state index is 0.557. The second-order valence-electron chi connectivity index (χ2n) is 7.00. The van der Waals surface area contributed by atoms with Gasteiger partial charge in [0, 0.05) is 38.6 Å².